The van der Waals surface area contributed by atoms with Crippen LogP contribution in [0.4, 0.5) is 20.2 Å². The molecule has 140 valence electrons. The first-order valence-corrected chi connectivity index (χ1v) is 8.02. The van der Waals surface area contributed by atoms with Crippen molar-refractivity contribution < 1.29 is 18.5 Å². The van der Waals surface area contributed by atoms with Gasteiger partial charge in [0.2, 0.25) is 0 Å². The number of aromatic nitrogens is 3. The van der Waals surface area contributed by atoms with Crippen molar-refractivity contribution >= 4 is 46.1 Å². The Kier molecular flexibility index (Phi) is 4.70. The number of fused-ring (bicyclic) bond motifs is 1. The molecule has 0 atom stereocenters. The molecule has 1 amide bonds. The molecule has 1 N–H and O–H groups in total. The molecule has 12 heteroatoms. The van der Waals surface area contributed by atoms with Crippen LogP contribution in [0.25, 0.3) is 5.65 Å². The third kappa shape index (κ3) is 3.81. The Morgan fingerprint density at radius 3 is 2.67 bits per heavy atom. The number of hydrogen-bond acceptors (Lipinski definition) is 5. The molecule has 0 spiro atoms. The van der Waals surface area contributed by atoms with Crippen molar-refractivity contribution in [2.75, 3.05) is 5.32 Å². The lowest BCUT2D eigenvalue weighted by Crippen LogP contribution is -2.15. The lowest BCUT2D eigenvalue weighted by atomic mass is 10.2. The van der Waals surface area contributed by atoms with Crippen molar-refractivity contribution in [2.45, 2.75) is 12.3 Å². The van der Waals surface area contributed by atoms with E-state index in [1.807, 2.05) is 0 Å². The zero-order chi connectivity index (χ0) is 19.9. The summed E-state index contributed by atoms with van der Waals surface area (Å²) >= 11 is 11.0. The summed E-state index contributed by atoms with van der Waals surface area (Å²) < 4.78 is 27.9. The van der Waals surface area contributed by atoms with Crippen LogP contribution < -0.4 is 5.32 Å². The number of nitrogens with zero attached hydrogens (tertiary/aromatic N) is 4. The van der Waals surface area contributed by atoms with E-state index in [1.54, 1.807) is 0 Å². The van der Waals surface area contributed by atoms with Gasteiger partial charge in [0.05, 0.1) is 15.6 Å². The molecule has 0 saturated carbocycles. The first kappa shape index (κ1) is 18.9. The summed E-state index contributed by atoms with van der Waals surface area (Å²) in [5, 5.41) is 13.3. The molecular weight excluding hydrogens is 407 g/mol. The number of nitro benzene ring substituents is 1. The largest absolute Gasteiger partial charge is 0.364 e. The molecule has 1 aromatic carbocycles. The van der Waals surface area contributed by atoms with Gasteiger partial charge in [-0.25, -0.2) is 9.50 Å². The predicted molar refractivity (Wildman–Crippen MR) is 93.5 cm³/mol. The van der Waals surface area contributed by atoms with E-state index in [4.69, 9.17) is 23.2 Å². The van der Waals surface area contributed by atoms with Crippen LogP contribution in [0.15, 0.2) is 30.3 Å². The third-order valence-electron chi connectivity index (χ3n) is 3.49. The molecule has 0 fully saturated rings. The fraction of sp³-hybridized carbons (Fsp3) is 0.133. The highest BCUT2D eigenvalue weighted by Crippen LogP contribution is 2.33. The van der Waals surface area contributed by atoms with E-state index >= 15 is 0 Å². The zero-order valence-corrected chi connectivity index (χ0v) is 14.9. The Bertz CT molecular complexity index is 1080. The molecule has 0 aliphatic heterocycles. The Morgan fingerprint density at radius 2 is 2.04 bits per heavy atom. The number of hydrogen-bond donors (Lipinski definition) is 1. The number of benzene rings is 1. The predicted octanol–water partition coefficient (Wildman–Crippen LogP) is 4.14. The average Bonchev–Trinajstić information content (AvgIpc) is 2.98. The van der Waals surface area contributed by atoms with Gasteiger partial charge in [0.1, 0.15) is 5.69 Å². The van der Waals surface area contributed by atoms with E-state index in [0.29, 0.717) is 0 Å². The highest BCUT2D eigenvalue weighted by atomic mass is 35.5. The molecule has 0 bridgehead atoms. The van der Waals surface area contributed by atoms with Crippen molar-refractivity contribution in [1.29, 1.82) is 0 Å². The van der Waals surface area contributed by atoms with Crippen molar-refractivity contribution in [3.63, 3.8) is 0 Å². The van der Waals surface area contributed by atoms with Gasteiger partial charge in [-0.2, -0.15) is 13.9 Å². The summed E-state index contributed by atoms with van der Waals surface area (Å²) in [6.45, 7) is 1.49. The number of nitro groups is 1. The first-order chi connectivity index (χ1) is 12.6. The number of amides is 1. The molecule has 0 aliphatic rings. The van der Waals surface area contributed by atoms with E-state index in [-0.39, 0.29) is 33.4 Å². The molecule has 3 aromatic rings. The Balaban J connectivity index is 2.00. The summed E-state index contributed by atoms with van der Waals surface area (Å²) in [6.07, 6.45) is 0. The number of non-ortho nitro benzene ring substituents is 1. The molecule has 8 nitrogen and oxygen atoms in total. The van der Waals surface area contributed by atoms with Crippen LogP contribution in [0.5, 0.6) is 0 Å². The van der Waals surface area contributed by atoms with Gasteiger partial charge in [0, 0.05) is 23.9 Å². The van der Waals surface area contributed by atoms with E-state index in [2.05, 4.69) is 15.4 Å². The van der Waals surface area contributed by atoms with Crippen molar-refractivity contribution in [2.24, 2.45) is 0 Å². The van der Waals surface area contributed by atoms with Crippen molar-refractivity contribution in [3.05, 3.63) is 62.6 Å². The number of anilines is 1. The minimum absolute atomic E-state index is 0.0133. The first-order valence-electron chi connectivity index (χ1n) is 7.26. The highest BCUT2D eigenvalue weighted by molar-refractivity contribution is 6.34. The van der Waals surface area contributed by atoms with Crippen molar-refractivity contribution in [3.8, 4) is 0 Å². The Hall–Kier alpha value is -2.85. The summed E-state index contributed by atoms with van der Waals surface area (Å²) in [6, 6.07) is 5.71. The van der Waals surface area contributed by atoms with Gasteiger partial charge in [-0.05, 0) is 30.7 Å². The summed E-state index contributed by atoms with van der Waals surface area (Å²) in [5.41, 5.74) is -0.977. The van der Waals surface area contributed by atoms with Gasteiger partial charge in [0.25, 0.3) is 11.6 Å². The van der Waals surface area contributed by atoms with E-state index in [1.165, 1.54) is 25.1 Å². The Morgan fingerprint density at radius 1 is 1.33 bits per heavy atom. The molecule has 0 unspecified atom stereocenters. The molecular formula is C15H9Cl2F2N5O3. The number of carbonyl (C=O) groups is 1. The number of alkyl halides is 3. The van der Waals surface area contributed by atoms with Crippen LogP contribution in [0.1, 0.15) is 21.9 Å². The number of aryl methyl sites for hydroxylation is 1. The van der Waals surface area contributed by atoms with Gasteiger partial charge in [-0.3, -0.25) is 14.9 Å². The second-order valence-electron chi connectivity index (χ2n) is 5.46. The van der Waals surface area contributed by atoms with E-state index < -0.39 is 21.9 Å². The maximum atomic E-state index is 13.6. The summed E-state index contributed by atoms with van der Waals surface area (Å²) in [7, 11) is 0. The quantitative estimate of drug-likeness (QED) is 0.391. The number of nitrogens with one attached hydrogen (secondary N) is 1. The maximum absolute atomic E-state index is 13.6. The molecule has 3 rings (SSSR count). The van der Waals surface area contributed by atoms with Crippen LogP contribution in [-0.2, 0) is 5.38 Å². The van der Waals surface area contributed by atoms with Gasteiger partial charge in [-0.1, -0.05) is 11.6 Å². The second kappa shape index (κ2) is 6.71. The summed E-state index contributed by atoms with van der Waals surface area (Å²) in [5.74, 6) is -0.815. The van der Waals surface area contributed by atoms with Gasteiger partial charge in [-0.15, -0.1) is 0 Å². The molecule has 0 radical (unpaired) electrons. The molecule has 27 heavy (non-hydrogen) atoms. The lowest BCUT2D eigenvalue weighted by molar-refractivity contribution is -0.384. The average molecular weight is 416 g/mol. The topological polar surface area (TPSA) is 102 Å². The van der Waals surface area contributed by atoms with E-state index in [0.717, 1.165) is 16.6 Å². The minimum Gasteiger partial charge on any atom is -0.319 e. The third-order valence-corrected chi connectivity index (χ3v) is 4.01. The molecule has 0 aliphatic carbocycles. The van der Waals surface area contributed by atoms with Crippen molar-refractivity contribution in [1.82, 2.24) is 14.6 Å². The highest BCUT2D eigenvalue weighted by Gasteiger charge is 2.32. The lowest BCUT2D eigenvalue weighted by Gasteiger charge is -2.10. The number of rotatable bonds is 4. The normalized spacial score (nSPS) is 11.6. The monoisotopic (exact) mass is 415 g/mol. The number of halogens is 4. The van der Waals surface area contributed by atoms with Gasteiger partial charge < -0.3 is 5.32 Å². The van der Waals surface area contributed by atoms with Gasteiger partial charge in [0.15, 0.2) is 11.3 Å². The smallest absolute Gasteiger partial charge is 0.319 e. The van der Waals surface area contributed by atoms with Crippen LogP contribution in [0, 0.1) is 17.0 Å². The van der Waals surface area contributed by atoms with Crippen LogP contribution in [0.3, 0.4) is 0 Å². The second-order valence-corrected chi connectivity index (χ2v) is 6.34. The van der Waals surface area contributed by atoms with Crippen LogP contribution >= 0.6 is 23.2 Å². The zero-order valence-electron chi connectivity index (χ0n) is 13.4. The minimum atomic E-state index is -3.73. The van der Waals surface area contributed by atoms with Crippen LogP contribution in [0.2, 0.25) is 5.02 Å². The molecule has 2 aromatic heterocycles. The Labute approximate surface area is 159 Å². The van der Waals surface area contributed by atoms with E-state index in [9.17, 15) is 23.7 Å². The van der Waals surface area contributed by atoms with Crippen LogP contribution in [-0.4, -0.2) is 25.4 Å². The fourth-order valence-electron chi connectivity index (χ4n) is 2.32. The molecule has 2 heterocycles. The van der Waals surface area contributed by atoms with Gasteiger partial charge >= 0.3 is 5.38 Å². The number of carbonyl (C=O) groups excluding carboxylic acids is 1. The molecule has 0 saturated heterocycles. The fourth-order valence-corrected chi connectivity index (χ4v) is 2.62. The SMILES string of the molecule is Cc1cc(C(F)(F)Cl)n2nc(C(=O)Nc3cc([N+](=O)[O-])ccc3Cl)cc2n1. The summed E-state index contributed by atoms with van der Waals surface area (Å²) in [4.78, 5) is 26.6. The standard InChI is InChI=1S/C15H9Cl2F2N5O3/c1-7-4-12(15(17,18)19)23-13(20-7)6-11(22-23)14(25)21-10-5-8(24(26)27)2-3-9(10)16/h2-6H,1H3,(H,21,25). The maximum Gasteiger partial charge on any atom is 0.364 e.